The minimum atomic E-state index is -0.840. The summed E-state index contributed by atoms with van der Waals surface area (Å²) in [6, 6.07) is 8.17. The number of halogens is 1. The molecule has 0 unspecified atom stereocenters. The van der Waals surface area contributed by atoms with Crippen LogP contribution in [-0.4, -0.2) is 28.6 Å². The Morgan fingerprint density at radius 3 is 2.52 bits per heavy atom. The predicted molar refractivity (Wildman–Crippen MR) is 94.2 cm³/mol. The Balaban J connectivity index is 2.17. The van der Waals surface area contributed by atoms with E-state index in [1.807, 2.05) is 19.9 Å². The molecule has 0 bridgehead atoms. The number of benzene rings is 1. The summed E-state index contributed by atoms with van der Waals surface area (Å²) in [6.45, 7) is 7.19. The summed E-state index contributed by atoms with van der Waals surface area (Å²) in [5.41, 5.74) is 4.93. The van der Waals surface area contributed by atoms with Crippen molar-refractivity contribution in [2.24, 2.45) is 5.10 Å². The van der Waals surface area contributed by atoms with E-state index in [0.29, 0.717) is 11.3 Å². The van der Waals surface area contributed by atoms with Crippen LogP contribution in [0.4, 0.5) is 4.39 Å². The highest BCUT2D eigenvalue weighted by atomic mass is 19.1. The predicted octanol–water partition coefficient (Wildman–Crippen LogP) is 2.21. The molecular weight excluding hydrogens is 323 g/mol. The molecule has 0 fully saturated rings. The highest BCUT2D eigenvalue weighted by molar-refractivity contribution is 6.35. The van der Waals surface area contributed by atoms with Gasteiger partial charge >= 0.3 is 11.8 Å². The largest absolute Gasteiger partial charge is 0.346 e. The molecule has 0 aliphatic heterocycles. The minimum absolute atomic E-state index is 0.137. The summed E-state index contributed by atoms with van der Waals surface area (Å²) in [7, 11) is 0. The van der Waals surface area contributed by atoms with Gasteiger partial charge in [-0.05, 0) is 45.9 Å². The van der Waals surface area contributed by atoms with E-state index in [1.54, 1.807) is 36.6 Å². The van der Waals surface area contributed by atoms with Gasteiger partial charge in [0.25, 0.3) is 0 Å². The van der Waals surface area contributed by atoms with E-state index in [4.69, 9.17) is 0 Å². The molecule has 0 atom stereocenters. The molecule has 7 heteroatoms. The molecule has 1 aromatic heterocycles. The molecule has 0 aliphatic carbocycles. The van der Waals surface area contributed by atoms with E-state index >= 15 is 0 Å². The van der Waals surface area contributed by atoms with E-state index in [1.165, 1.54) is 12.3 Å². The maximum Gasteiger partial charge on any atom is 0.329 e. The maximum absolute atomic E-state index is 14.0. The lowest BCUT2D eigenvalue weighted by molar-refractivity contribution is -0.139. The van der Waals surface area contributed by atoms with Crippen LogP contribution < -0.4 is 10.7 Å². The lowest BCUT2D eigenvalue weighted by Crippen LogP contribution is -2.41. The van der Waals surface area contributed by atoms with Crippen LogP contribution in [0.2, 0.25) is 0 Å². The fraction of sp³-hybridized carbons (Fsp3) is 0.278. The van der Waals surface area contributed by atoms with E-state index < -0.39 is 11.8 Å². The normalized spacial score (nSPS) is 11.1. The number of aryl methyl sites for hydroxylation is 1. The van der Waals surface area contributed by atoms with Crippen LogP contribution in [-0.2, 0) is 9.59 Å². The number of carbonyl (C=O) groups excluding carboxylic acids is 2. The molecule has 2 amide bonds. The summed E-state index contributed by atoms with van der Waals surface area (Å²) < 4.78 is 15.8. The molecule has 1 aromatic carbocycles. The second kappa shape index (κ2) is 7.74. The zero-order chi connectivity index (χ0) is 18.6. The Labute approximate surface area is 145 Å². The van der Waals surface area contributed by atoms with Gasteiger partial charge in [0.05, 0.1) is 11.9 Å². The van der Waals surface area contributed by atoms with Crippen molar-refractivity contribution in [1.29, 1.82) is 0 Å². The van der Waals surface area contributed by atoms with Crippen LogP contribution in [0.3, 0.4) is 0 Å². The summed E-state index contributed by atoms with van der Waals surface area (Å²) in [6.07, 6.45) is 1.43. The van der Waals surface area contributed by atoms with Gasteiger partial charge in [-0.1, -0.05) is 12.1 Å². The molecule has 0 aliphatic rings. The molecule has 1 heterocycles. The molecule has 6 nitrogen and oxygen atoms in total. The van der Waals surface area contributed by atoms with Crippen molar-refractivity contribution in [2.45, 2.75) is 33.7 Å². The molecule has 132 valence electrons. The Morgan fingerprint density at radius 2 is 1.88 bits per heavy atom. The van der Waals surface area contributed by atoms with Gasteiger partial charge in [-0.25, -0.2) is 9.82 Å². The zero-order valence-electron chi connectivity index (χ0n) is 14.6. The summed E-state index contributed by atoms with van der Waals surface area (Å²) >= 11 is 0. The number of nitrogens with one attached hydrogen (secondary N) is 2. The average molecular weight is 344 g/mol. The number of para-hydroxylation sites is 1. The topological polar surface area (TPSA) is 75.5 Å². The number of amides is 2. The third-order valence-corrected chi connectivity index (χ3v) is 3.56. The standard InChI is InChI=1S/C18H21FN4O2/c1-11(2)21-17(24)18(25)22-20-10-14-9-12(3)23(13(14)4)16-8-6-5-7-15(16)19/h5-11H,1-4H3,(H,21,24)(H,22,25)/b20-10-. The van der Waals surface area contributed by atoms with E-state index in [0.717, 1.165) is 11.4 Å². The minimum Gasteiger partial charge on any atom is -0.346 e. The van der Waals surface area contributed by atoms with Crippen molar-refractivity contribution < 1.29 is 14.0 Å². The van der Waals surface area contributed by atoms with Gasteiger partial charge in [-0.15, -0.1) is 0 Å². The zero-order valence-corrected chi connectivity index (χ0v) is 14.6. The molecule has 2 rings (SSSR count). The Kier molecular flexibility index (Phi) is 5.69. The summed E-state index contributed by atoms with van der Waals surface area (Å²) in [5, 5.41) is 6.28. The monoisotopic (exact) mass is 344 g/mol. The van der Waals surface area contributed by atoms with Crippen molar-refractivity contribution in [3.63, 3.8) is 0 Å². The van der Waals surface area contributed by atoms with Crippen LogP contribution in [0.15, 0.2) is 35.4 Å². The van der Waals surface area contributed by atoms with Crippen molar-refractivity contribution in [2.75, 3.05) is 0 Å². The highest BCUT2D eigenvalue weighted by Gasteiger charge is 2.14. The van der Waals surface area contributed by atoms with Gasteiger partial charge in [0, 0.05) is 23.0 Å². The summed E-state index contributed by atoms with van der Waals surface area (Å²) in [5.74, 6) is -1.91. The van der Waals surface area contributed by atoms with Crippen molar-refractivity contribution in [1.82, 2.24) is 15.3 Å². The first-order chi connectivity index (χ1) is 11.8. The fourth-order valence-electron chi connectivity index (χ4n) is 2.46. The van der Waals surface area contributed by atoms with E-state index in [9.17, 15) is 14.0 Å². The van der Waals surface area contributed by atoms with Crippen LogP contribution >= 0.6 is 0 Å². The van der Waals surface area contributed by atoms with Crippen molar-refractivity contribution in [3.8, 4) is 5.69 Å². The Bertz CT molecular complexity index is 824. The van der Waals surface area contributed by atoms with Crippen molar-refractivity contribution in [3.05, 3.63) is 53.1 Å². The van der Waals surface area contributed by atoms with Gasteiger partial charge < -0.3 is 9.88 Å². The number of aromatic nitrogens is 1. The average Bonchev–Trinajstić information content (AvgIpc) is 2.81. The van der Waals surface area contributed by atoms with E-state index in [-0.39, 0.29) is 11.9 Å². The van der Waals surface area contributed by atoms with Gasteiger partial charge in [0.15, 0.2) is 0 Å². The summed E-state index contributed by atoms with van der Waals surface area (Å²) in [4.78, 5) is 23.1. The lowest BCUT2D eigenvalue weighted by Gasteiger charge is -2.10. The first kappa shape index (κ1) is 18.4. The number of hydrogen-bond donors (Lipinski definition) is 2. The van der Waals surface area contributed by atoms with Crippen molar-refractivity contribution >= 4 is 18.0 Å². The quantitative estimate of drug-likeness (QED) is 0.507. The van der Waals surface area contributed by atoms with Crippen LogP contribution in [0.5, 0.6) is 0 Å². The molecule has 0 saturated heterocycles. The third-order valence-electron chi connectivity index (χ3n) is 3.56. The Morgan fingerprint density at radius 1 is 1.20 bits per heavy atom. The van der Waals surface area contributed by atoms with Crippen LogP contribution in [0, 0.1) is 19.7 Å². The molecule has 0 radical (unpaired) electrons. The molecular formula is C18H21FN4O2. The smallest absolute Gasteiger partial charge is 0.329 e. The van der Waals surface area contributed by atoms with Gasteiger partial charge in [0.1, 0.15) is 5.82 Å². The number of carbonyl (C=O) groups is 2. The highest BCUT2D eigenvalue weighted by Crippen LogP contribution is 2.21. The number of nitrogens with zero attached hydrogens (tertiary/aromatic N) is 2. The fourth-order valence-corrected chi connectivity index (χ4v) is 2.46. The van der Waals surface area contributed by atoms with Crippen LogP contribution in [0.1, 0.15) is 30.8 Å². The number of hydrazone groups is 1. The van der Waals surface area contributed by atoms with Gasteiger partial charge in [0.2, 0.25) is 0 Å². The van der Waals surface area contributed by atoms with Gasteiger partial charge in [-0.3, -0.25) is 9.59 Å². The van der Waals surface area contributed by atoms with E-state index in [2.05, 4.69) is 15.8 Å². The molecule has 25 heavy (non-hydrogen) atoms. The number of rotatable bonds is 4. The SMILES string of the molecule is Cc1cc(/C=N\NC(=O)C(=O)NC(C)C)c(C)n1-c1ccccc1F. The molecule has 2 N–H and O–H groups in total. The van der Waals surface area contributed by atoms with Gasteiger partial charge in [-0.2, -0.15) is 5.10 Å². The Hall–Kier alpha value is -2.96. The third kappa shape index (κ3) is 4.32. The number of hydrogen-bond acceptors (Lipinski definition) is 3. The lowest BCUT2D eigenvalue weighted by atomic mass is 10.2. The molecule has 2 aromatic rings. The first-order valence-corrected chi connectivity index (χ1v) is 7.89. The molecule has 0 spiro atoms. The first-order valence-electron chi connectivity index (χ1n) is 7.89. The maximum atomic E-state index is 14.0. The second-order valence-corrected chi connectivity index (χ2v) is 5.94. The molecule has 0 saturated carbocycles. The van der Waals surface area contributed by atoms with Crippen LogP contribution in [0.25, 0.3) is 5.69 Å². The second-order valence-electron chi connectivity index (χ2n) is 5.94.